The molecule has 0 aliphatic rings. The number of alkyl halides is 2. The van der Waals surface area contributed by atoms with Crippen LogP contribution in [0, 0.1) is 0 Å². The molecule has 6 N–H and O–H groups in total. The van der Waals surface area contributed by atoms with E-state index >= 15 is 0 Å². The van der Waals surface area contributed by atoms with E-state index in [9.17, 15) is 19.2 Å². The minimum Gasteiger partial charge on any atom is -0.369 e. The van der Waals surface area contributed by atoms with Crippen molar-refractivity contribution in [3.63, 3.8) is 0 Å². The zero-order chi connectivity index (χ0) is 34.1. The highest BCUT2D eigenvalue weighted by Crippen LogP contribution is 2.21. The lowest BCUT2D eigenvalue weighted by molar-refractivity contribution is 0.0943. The number of aryl methyl sites for hydroxylation is 3. The molecule has 0 saturated heterocycles. The van der Waals surface area contributed by atoms with E-state index in [4.69, 9.17) is 28.9 Å². The van der Waals surface area contributed by atoms with Crippen molar-refractivity contribution in [1.82, 2.24) is 19.0 Å². The van der Waals surface area contributed by atoms with Crippen molar-refractivity contribution in [2.24, 2.45) is 26.9 Å². The number of rotatable bonds is 15. The molecule has 1 aromatic carbocycles. The molecule has 0 spiro atoms. The van der Waals surface area contributed by atoms with Crippen LogP contribution in [0.15, 0.2) is 61.1 Å². The molecule has 258 valence electrons. The van der Waals surface area contributed by atoms with Crippen molar-refractivity contribution >= 4 is 82.0 Å². The number of nitrogens with zero attached hydrogens (tertiary/aromatic N) is 4. The van der Waals surface area contributed by atoms with Crippen LogP contribution >= 0.6 is 35.6 Å². The summed E-state index contributed by atoms with van der Waals surface area (Å²) in [7, 11) is 5.09. The summed E-state index contributed by atoms with van der Waals surface area (Å²) < 4.78 is 4.80. The predicted octanol–water partition coefficient (Wildman–Crippen LogP) is 4.24. The summed E-state index contributed by atoms with van der Waals surface area (Å²) in [5.74, 6) is -0.531. The molecule has 0 fully saturated rings. The van der Waals surface area contributed by atoms with Gasteiger partial charge < -0.3 is 45.6 Å². The molecule has 0 bridgehead atoms. The highest BCUT2D eigenvalue weighted by atomic mass is 35.5. The van der Waals surface area contributed by atoms with Crippen molar-refractivity contribution in [2.45, 2.75) is 6.42 Å². The Morgan fingerprint density at radius 3 is 1.52 bits per heavy atom. The number of aromatic nitrogens is 3. The van der Waals surface area contributed by atoms with E-state index in [-0.39, 0.29) is 29.9 Å². The molecule has 0 atom stereocenters. The molecule has 0 aliphatic carbocycles. The number of nitrogens with one attached hydrogen (secondary N) is 4. The Hall–Kier alpha value is -4.43. The summed E-state index contributed by atoms with van der Waals surface area (Å²) in [6, 6.07) is 11.8. The van der Waals surface area contributed by atoms with Gasteiger partial charge in [-0.25, -0.2) is 0 Å². The topological polar surface area (TPSA) is 160 Å². The van der Waals surface area contributed by atoms with Crippen molar-refractivity contribution in [2.75, 3.05) is 58.8 Å². The van der Waals surface area contributed by atoms with Crippen LogP contribution in [0.25, 0.3) is 0 Å². The fourth-order valence-corrected chi connectivity index (χ4v) is 5.37. The van der Waals surface area contributed by atoms with E-state index in [1.807, 2.05) is 17.0 Å². The van der Waals surface area contributed by atoms with Gasteiger partial charge in [-0.3, -0.25) is 19.2 Å². The molecular weight excluding hydrogens is 681 g/mol. The molecule has 0 unspecified atom stereocenters. The summed E-state index contributed by atoms with van der Waals surface area (Å²) in [6.07, 6.45) is 5.56. The number of halogens is 3. The Bertz CT molecular complexity index is 1720. The lowest BCUT2D eigenvalue weighted by Crippen LogP contribution is -2.27. The predicted molar refractivity (Wildman–Crippen MR) is 193 cm³/mol. The van der Waals surface area contributed by atoms with Crippen molar-refractivity contribution in [3.05, 3.63) is 83.7 Å². The van der Waals surface area contributed by atoms with Crippen molar-refractivity contribution in [1.29, 1.82) is 0 Å². The second-order valence-corrected chi connectivity index (χ2v) is 11.6. The first-order valence-corrected chi connectivity index (χ1v) is 16.0. The van der Waals surface area contributed by atoms with E-state index in [0.717, 1.165) is 5.69 Å². The molecule has 16 heteroatoms. The SMILES string of the molecule is Cl.Cn1cc(NC(=O)c2cc(NC(=O)c3cc(NC(=O)c4ccc(N(CCCl)CCCl)cc4)cn3C)cn2C)cc1C(=O)NCCCN. The van der Waals surface area contributed by atoms with Crippen LogP contribution in [0.5, 0.6) is 0 Å². The summed E-state index contributed by atoms with van der Waals surface area (Å²) >= 11 is 11.8. The molecule has 13 nitrogen and oxygen atoms in total. The highest BCUT2D eigenvalue weighted by molar-refractivity contribution is 6.18. The number of anilines is 4. The Balaban J connectivity index is 0.00000625. The lowest BCUT2D eigenvalue weighted by atomic mass is 10.1. The lowest BCUT2D eigenvalue weighted by Gasteiger charge is -2.22. The molecular formula is C32H40Cl3N9O4. The molecule has 0 radical (unpaired) electrons. The summed E-state index contributed by atoms with van der Waals surface area (Å²) in [5.41, 5.74) is 9.12. The second kappa shape index (κ2) is 17.6. The van der Waals surface area contributed by atoms with Gasteiger partial charge in [-0.05, 0) is 55.4 Å². The van der Waals surface area contributed by atoms with Crippen LogP contribution < -0.4 is 31.9 Å². The molecule has 0 saturated carbocycles. The van der Waals surface area contributed by atoms with E-state index in [0.29, 0.717) is 78.4 Å². The third kappa shape index (κ3) is 9.57. The van der Waals surface area contributed by atoms with Crippen LogP contribution in [-0.2, 0) is 21.1 Å². The number of hydrogen-bond acceptors (Lipinski definition) is 6. The maximum absolute atomic E-state index is 13.2. The normalized spacial score (nSPS) is 10.6. The fraction of sp³-hybridized carbons (Fsp3) is 0.312. The number of benzene rings is 1. The van der Waals surface area contributed by atoms with Gasteiger partial charge in [-0.2, -0.15) is 0 Å². The second-order valence-electron chi connectivity index (χ2n) is 10.8. The van der Waals surface area contributed by atoms with Crippen LogP contribution in [-0.4, -0.2) is 75.3 Å². The van der Waals surface area contributed by atoms with Gasteiger partial charge in [0.25, 0.3) is 23.6 Å². The smallest absolute Gasteiger partial charge is 0.272 e. The van der Waals surface area contributed by atoms with Gasteiger partial charge in [0.1, 0.15) is 17.1 Å². The quantitative estimate of drug-likeness (QED) is 0.0913. The van der Waals surface area contributed by atoms with Gasteiger partial charge >= 0.3 is 0 Å². The third-order valence-corrected chi connectivity index (χ3v) is 7.69. The van der Waals surface area contributed by atoms with Crippen LogP contribution in [0.1, 0.15) is 48.2 Å². The first kappa shape index (κ1) is 38.0. The molecule has 4 rings (SSSR count). The number of amides is 4. The first-order valence-electron chi connectivity index (χ1n) is 14.9. The van der Waals surface area contributed by atoms with Crippen LogP contribution in [0.4, 0.5) is 22.7 Å². The average molecular weight is 721 g/mol. The van der Waals surface area contributed by atoms with Crippen molar-refractivity contribution < 1.29 is 19.2 Å². The maximum Gasteiger partial charge on any atom is 0.272 e. The van der Waals surface area contributed by atoms with Gasteiger partial charge in [-0.15, -0.1) is 35.6 Å². The molecule has 3 aromatic heterocycles. The summed E-state index contributed by atoms with van der Waals surface area (Å²) in [4.78, 5) is 53.6. The minimum absolute atomic E-state index is 0. The van der Waals surface area contributed by atoms with Crippen LogP contribution in [0.3, 0.4) is 0 Å². The van der Waals surface area contributed by atoms with E-state index in [1.165, 1.54) is 0 Å². The summed E-state index contributed by atoms with van der Waals surface area (Å²) in [6.45, 7) is 2.20. The number of hydrogen-bond donors (Lipinski definition) is 5. The highest BCUT2D eigenvalue weighted by Gasteiger charge is 2.19. The molecule has 48 heavy (non-hydrogen) atoms. The van der Waals surface area contributed by atoms with Gasteiger partial charge in [0.15, 0.2) is 0 Å². The minimum atomic E-state index is -0.429. The average Bonchev–Trinajstić information content (AvgIpc) is 3.72. The largest absolute Gasteiger partial charge is 0.369 e. The van der Waals surface area contributed by atoms with Crippen LogP contribution in [0.2, 0.25) is 0 Å². The molecule has 4 aromatic rings. The zero-order valence-corrected chi connectivity index (χ0v) is 29.2. The molecule has 0 aliphatic heterocycles. The summed E-state index contributed by atoms with van der Waals surface area (Å²) in [5, 5.41) is 11.2. The van der Waals surface area contributed by atoms with Gasteiger partial charge in [-0.1, -0.05) is 0 Å². The number of nitrogens with two attached hydrogens (primary N) is 1. The third-order valence-electron chi connectivity index (χ3n) is 7.36. The van der Waals surface area contributed by atoms with Gasteiger partial charge in [0.2, 0.25) is 0 Å². The molecule has 3 heterocycles. The van der Waals surface area contributed by atoms with E-state index < -0.39 is 11.8 Å². The van der Waals surface area contributed by atoms with E-state index in [2.05, 4.69) is 21.3 Å². The monoisotopic (exact) mass is 719 g/mol. The Morgan fingerprint density at radius 2 is 1.10 bits per heavy atom. The van der Waals surface area contributed by atoms with Crippen molar-refractivity contribution in [3.8, 4) is 0 Å². The van der Waals surface area contributed by atoms with E-state index in [1.54, 1.807) is 83.8 Å². The first-order chi connectivity index (χ1) is 22.5. The molecule has 4 amide bonds. The number of carbonyl (C=O) groups excluding carboxylic acids is 4. The Labute approximate surface area is 295 Å². The number of carbonyl (C=O) groups is 4. The van der Waals surface area contributed by atoms with Gasteiger partial charge in [0, 0.05) is 82.4 Å². The zero-order valence-electron chi connectivity index (χ0n) is 26.9. The van der Waals surface area contributed by atoms with Gasteiger partial charge in [0.05, 0.1) is 17.1 Å². The standard InChI is InChI=1S/C32H39Cl2N9O4.ClH/c1-40-19-23(15-26(40)30(45)36-12-4-11-35)38-32(47)28-17-24(20-42(28)3)39-31(46)27-16-22(18-41(27)2)37-29(44)21-5-7-25(8-6-21)43(13-9-33)14-10-34;/h5-8,15-20H,4,9-14,35H2,1-3H3,(H,36,45)(H,37,44)(H,38,47)(H,39,46);1H. The Morgan fingerprint density at radius 1 is 0.688 bits per heavy atom. The Kier molecular flexibility index (Phi) is 14.0. The maximum atomic E-state index is 13.2. The fourth-order valence-electron chi connectivity index (χ4n) is 4.96.